The topological polar surface area (TPSA) is 0 Å². The number of fused-ring (bicyclic) bond motifs is 4. The molecule has 0 bridgehead atoms. The van der Waals surface area contributed by atoms with E-state index in [-0.39, 0.29) is 24.8 Å². The van der Waals surface area contributed by atoms with Crippen LogP contribution >= 0.6 is 24.8 Å². The molecular weight excluding hydrogens is 731 g/mol. The number of rotatable bonds is 3. The number of benzene rings is 6. The van der Waals surface area contributed by atoms with E-state index in [1.807, 2.05) is 0 Å². The standard InChI is InChI=1S/C21H17.C20H15.2C2H5.2ClH.Si.Zr/c1-2-15-12-18-8-5-9-20(21(18)13-15)19-11-10-16-6-3-4-7-17(16)14-19;1-14-11-17-7-4-8-19(20(17)12-14)18-10-9-15-5-2-3-6-16(15)13-18;2*1-2;;;;/h3-14H,2H2,1H3;2-13H,1H3;2*1H2,2H3;2*1H;;/q4*-1;;;;. The SMILES string of the molecule is CCc1cc2c(-c3ccc4ccccc4c3)cccc2[cH-]1.Cc1cc2c(-c3ccc4ccccc4c3)cccc2[cH-]1.Cl.Cl.[CH2-]C.[CH2-]C.[Si]=[Zr]. The fraction of sp³-hybridized carbons (Fsp3) is 0.111. The van der Waals surface area contributed by atoms with E-state index < -0.39 is 0 Å². The van der Waals surface area contributed by atoms with Crippen molar-refractivity contribution in [1.82, 2.24) is 0 Å². The minimum absolute atomic E-state index is 0. The van der Waals surface area contributed by atoms with Gasteiger partial charge in [-0.2, -0.15) is 26.0 Å². The Morgan fingerprint density at radius 2 is 0.939 bits per heavy atom. The van der Waals surface area contributed by atoms with Crippen molar-refractivity contribution in [2.75, 3.05) is 0 Å². The second-order valence-electron chi connectivity index (χ2n) is 11.0. The van der Waals surface area contributed by atoms with Gasteiger partial charge in [-0.1, -0.05) is 110 Å². The number of hydrogen-bond acceptors (Lipinski definition) is 0. The monoisotopic (exact) mass is 772 g/mol. The first-order valence-electron chi connectivity index (χ1n) is 16.2. The Morgan fingerprint density at radius 1 is 0.510 bits per heavy atom. The Labute approximate surface area is 322 Å². The molecule has 0 fully saturated rings. The van der Waals surface area contributed by atoms with Gasteiger partial charge in [-0.05, 0) is 51.2 Å². The van der Waals surface area contributed by atoms with E-state index in [9.17, 15) is 0 Å². The number of aryl methyl sites for hydroxylation is 2. The first-order chi connectivity index (χ1) is 23.2. The average Bonchev–Trinajstić information content (AvgIpc) is 3.76. The van der Waals surface area contributed by atoms with E-state index in [1.165, 1.54) is 99.8 Å². The molecule has 0 nitrogen and oxygen atoms in total. The zero-order valence-corrected chi connectivity index (χ0v) is 33.9. The fourth-order valence-corrected chi connectivity index (χ4v) is 6.10. The number of halogens is 2. The van der Waals surface area contributed by atoms with Crippen LogP contribution < -0.4 is 0 Å². The first kappa shape index (κ1) is 41.9. The van der Waals surface area contributed by atoms with Gasteiger partial charge < -0.3 is 13.8 Å². The third-order valence-corrected chi connectivity index (χ3v) is 8.23. The van der Waals surface area contributed by atoms with Crippen LogP contribution in [0.4, 0.5) is 0 Å². The molecule has 49 heavy (non-hydrogen) atoms. The van der Waals surface area contributed by atoms with Crippen LogP contribution in [0.2, 0.25) is 0 Å². The fourth-order valence-electron chi connectivity index (χ4n) is 6.10. The maximum atomic E-state index is 3.25. The van der Waals surface area contributed by atoms with E-state index in [1.54, 1.807) is 13.8 Å². The number of hydrogen-bond donors (Lipinski definition) is 0. The summed E-state index contributed by atoms with van der Waals surface area (Å²) in [4.78, 5) is 0. The Morgan fingerprint density at radius 3 is 1.41 bits per heavy atom. The molecule has 4 heteroatoms. The predicted octanol–water partition coefficient (Wildman–Crippen LogP) is 13.8. The molecule has 8 aromatic rings. The van der Waals surface area contributed by atoms with Crippen LogP contribution in [0.5, 0.6) is 0 Å². The van der Waals surface area contributed by atoms with Gasteiger partial charge in [0.05, 0.1) is 0 Å². The van der Waals surface area contributed by atoms with Gasteiger partial charge in [0.2, 0.25) is 0 Å². The summed E-state index contributed by atoms with van der Waals surface area (Å²) in [5.74, 6) is 0. The van der Waals surface area contributed by atoms with Crippen LogP contribution in [0.1, 0.15) is 31.9 Å². The molecule has 0 aromatic heterocycles. The van der Waals surface area contributed by atoms with Gasteiger partial charge >= 0.3 is 30.2 Å². The van der Waals surface area contributed by atoms with Gasteiger partial charge in [-0.3, -0.25) is 0 Å². The van der Waals surface area contributed by atoms with Crippen molar-refractivity contribution in [3.63, 3.8) is 0 Å². The second kappa shape index (κ2) is 21.1. The Hall–Kier alpha value is -3.26. The molecule has 2 radical (unpaired) electrons. The van der Waals surface area contributed by atoms with Gasteiger partial charge in [0.25, 0.3) is 0 Å². The van der Waals surface area contributed by atoms with Crippen molar-refractivity contribution in [3.8, 4) is 22.3 Å². The summed E-state index contributed by atoms with van der Waals surface area (Å²) in [5.41, 5.74) is 7.98. The van der Waals surface area contributed by atoms with Gasteiger partial charge in [0, 0.05) is 0 Å². The molecule has 0 atom stereocenters. The van der Waals surface area contributed by atoms with Crippen LogP contribution in [0.25, 0.3) is 65.3 Å². The van der Waals surface area contributed by atoms with Crippen molar-refractivity contribution in [2.24, 2.45) is 0 Å². The normalized spacial score (nSPS) is 9.73. The van der Waals surface area contributed by atoms with Crippen molar-refractivity contribution in [1.29, 1.82) is 0 Å². The molecule has 0 amide bonds. The molecule has 250 valence electrons. The molecule has 0 aliphatic carbocycles. The molecule has 0 heterocycles. The molecule has 0 spiro atoms. The van der Waals surface area contributed by atoms with Gasteiger partial charge in [0.1, 0.15) is 0 Å². The summed E-state index contributed by atoms with van der Waals surface area (Å²) in [6, 6.07) is 52.8. The van der Waals surface area contributed by atoms with Gasteiger partial charge in [0.15, 0.2) is 0 Å². The van der Waals surface area contributed by atoms with Crippen molar-refractivity contribution in [2.45, 2.75) is 34.1 Å². The Kier molecular flexibility index (Phi) is 18.0. The summed E-state index contributed by atoms with van der Waals surface area (Å²) in [6.07, 6.45) is 1.09. The molecule has 8 rings (SSSR count). The summed E-state index contributed by atoms with van der Waals surface area (Å²) in [6.45, 7) is 17.4. The molecule has 8 aromatic carbocycles. The van der Waals surface area contributed by atoms with Crippen LogP contribution in [0.3, 0.4) is 0 Å². The molecule has 0 saturated carbocycles. The molecular formula is C45H44Cl2SiZr-4. The molecule has 0 aliphatic heterocycles. The van der Waals surface area contributed by atoms with Crippen LogP contribution in [0, 0.1) is 20.8 Å². The summed E-state index contributed by atoms with van der Waals surface area (Å²) in [5, 5.41) is 10.6. The van der Waals surface area contributed by atoms with E-state index >= 15 is 0 Å². The second-order valence-corrected chi connectivity index (χ2v) is 11.0. The third-order valence-electron chi connectivity index (χ3n) is 8.23. The quantitative estimate of drug-likeness (QED) is 0.124. The molecule has 0 saturated heterocycles. The zero-order valence-electron chi connectivity index (χ0n) is 28.8. The predicted molar refractivity (Wildman–Crippen MR) is 221 cm³/mol. The maximum absolute atomic E-state index is 3.25. The summed E-state index contributed by atoms with van der Waals surface area (Å²) in [7, 11) is 0. The van der Waals surface area contributed by atoms with E-state index in [0.717, 1.165) is 6.42 Å². The first-order valence-corrected chi connectivity index (χ1v) is 20.3. The minimum atomic E-state index is 0. The van der Waals surface area contributed by atoms with Crippen molar-refractivity contribution < 1.29 is 23.3 Å². The molecule has 0 unspecified atom stereocenters. The summed E-state index contributed by atoms with van der Waals surface area (Å²) >= 11 is 1.36. The molecule has 0 aliphatic rings. The van der Waals surface area contributed by atoms with Crippen LogP contribution in [0.15, 0.2) is 146 Å². The van der Waals surface area contributed by atoms with Crippen molar-refractivity contribution in [3.05, 3.63) is 171 Å². The molecule has 0 N–H and O–H groups in total. The Bertz CT molecular complexity index is 2190. The van der Waals surface area contributed by atoms with Gasteiger partial charge in [-0.25, -0.2) is 0 Å². The van der Waals surface area contributed by atoms with E-state index in [4.69, 9.17) is 0 Å². The Balaban J connectivity index is 0.000000286. The average molecular weight is 775 g/mol. The summed E-state index contributed by atoms with van der Waals surface area (Å²) < 4.78 is 0. The van der Waals surface area contributed by atoms with Gasteiger partial charge in [-0.15, -0.1) is 93.9 Å². The zero-order chi connectivity index (χ0) is 33.8. The van der Waals surface area contributed by atoms with Crippen molar-refractivity contribution >= 4 is 74.8 Å². The van der Waals surface area contributed by atoms with E-state index in [2.05, 4.69) is 180 Å². The van der Waals surface area contributed by atoms with Crippen LogP contribution in [-0.4, -0.2) is 6.88 Å². The third kappa shape index (κ3) is 9.93. The van der Waals surface area contributed by atoms with Crippen LogP contribution in [-0.2, 0) is 29.8 Å². The van der Waals surface area contributed by atoms with E-state index in [0.29, 0.717) is 0 Å².